The third kappa shape index (κ3) is 4.54. The highest BCUT2D eigenvalue weighted by Crippen LogP contribution is 2.35. The van der Waals surface area contributed by atoms with Crippen LogP contribution in [-0.2, 0) is 0 Å². The van der Waals surface area contributed by atoms with Crippen LogP contribution in [0.25, 0.3) is 0 Å². The molecule has 118 valence electrons. The lowest BCUT2D eigenvalue weighted by atomic mass is 9.78. The third-order valence-corrected chi connectivity index (χ3v) is 4.21. The predicted octanol–water partition coefficient (Wildman–Crippen LogP) is 1.41. The van der Waals surface area contributed by atoms with Crippen LogP contribution in [0.3, 0.4) is 0 Å². The summed E-state index contributed by atoms with van der Waals surface area (Å²) in [6.07, 6.45) is 3.09. The van der Waals surface area contributed by atoms with Gasteiger partial charge < -0.3 is 21.7 Å². The second-order valence-corrected chi connectivity index (χ2v) is 5.77. The van der Waals surface area contributed by atoms with Crippen LogP contribution in [0, 0.1) is 0 Å². The van der Waals surface area contributed by atoms with Gasteiger partial charge in [0.25, 0.3) is 0 Å². The van der Waals surface area contributed by atoms with E-state index in [1.807, 2.05) is 6.07 Å². The van der Waals surface area contributed by atoms with Crippen LogP contribution in [0.15, 0.2) is 6.07 Å². The zero-order chi connectivity index (χ0) is 15.2. The number of rotatable bonds is 8. The molecular weight excluding hydrogens is 264 g/mol. The highest BCUT2D eigenvalue weighted by atomic mass is 15.1. The number of anilines is 2. The molecule has 2 rings (SSSR count). The van der Waals surface area contributed by atoms with E-state index in [-0.39, 0.29) is 0 Å². The number of nitrogens with one attached hydrogen (secondary N) is 1. The van der Waals surface area contributed by atoms with Crippen LogP contribution < -0.4 is 16.8 Å². The molecule has 6 heteroatoms. The van der Waals surface area contributed by atoms with E-state index in [0.29, 0.717) is 17.9 Å². The molecule has 0 radical (unpaired) electrons. The quantitative estimate of drug-likeness (QED) is 0.627. The van der Waals surface area contributed by atoms with Crippen LogP contribution in [0.1, 0.15) is 44.7 Å². The van der Waals surface area contributed by atoms with Crippen molar-refractivity contribution in [1.29, 1.82) is 0 Å². The van der Waals surface area contributed by atoms with Gasteiger partial charge in [0.2, 0.25) is 5.95 Å². The molecule has 1 aromatic rings. The molecule has 0 aromatic carbocycles. The Morgan fingerprint density at radius 1 is 1.29 bits per heavy atom. The van der Waals surface area contributed by atoms with Crippen molar-refractivity contribution in [3.05, 3.63) is 11.8 Å². The molecule has 6 nitrogen and oxygen atoms in total. The van der Waals surface area contributed by atoms with Gasteiger partial charge in [-0.2, -0.15) is 4.98 Å². The van der Waals surface area contributed by atoms with Gasteiger partial charge >= 0.3 is 0 Å². The van der Waals surface area contributed by atoms with Gasteiger partial charge in [0, 0.05) is 24.6 Å². The fourth-order valence-corrected chi connectivity index (χ4v) is 2.75. The molecule has 0 aliphatic heterocycles. The maximum Gasteiger partial charge on any atom is 0.222 e. The zero-order valence-corrected chi connectivity index (χ0v) is 13.2. The summed E-state index contributed by atoms with van der Waals surface area (Å²) in [6, 6.07) is 2.33. The summed E-state index contributed by atoms with van der Waals surface area (Å²) >= 11 is 0. The van der Waals surface area contributed by atoms with Gasteiger partial charge in [0.05, 0.1) is 5.69 Å². The summed E-state index contributed by atoms with van der Waals surface area (Å²) in [5.74, 6) is 1.62. The topological polar surface area (TPSA) is 93.1 Å². The summed E-state index contributed by atoms with van der Waals surface area (Å²) < 4.78 is 0. The fourth-order valence-electron chi connectivity index (χ4n) is 2.75. The lowest BCUT2D eigenvalue weighted by Crippen LogP contribution is -2.35. The first-order chi connectivity index (χ1) is 10.1. The molecule has 21 heavy (non-hydrogen) atoms. The number of aromatic nitrogens is 2. The predicted molar refractivity (Wildman–Crippen MR) is 87.3 cm³/mol. The lowest BCUT2D eigenvalue weighted by Gasteiger charge is -2.32. The maximum atomic E-state index is 5.84. The van der Waals surface area contributed by atoms with E-state index in [1.54, 1.807) is 0 Å². The third-order valence-electron chi connectivity index (χ3n) is 4.21. The molecule has 1 fully saturated rings. The van der Waals surface area contributed by atoms with Crippen molar-refractivity contribution in [3.8, 4) is 0 Å². The highest BCUT2D eigenvalue weighted by molar-refractivity contribution is 5.41. The Hall–Kier alpha value is -1.40. The molecule has 0 atom stereocenters. The molecular formula is C15H28N6. The molecule has 1 heterocycles. The number of nitrogens with two attached hydrogens (primary N) is 2. The lowest BCUT2D eigenvalue weighted by molar-refractivity contribution is 0.303. The summed E-state index contributed by atoms with van der Waals surface area (Å²) in [5, 5.41) is 3.35. The smallest absolute Gasteiger partial charge is 0.222 e. The van der Waals surface area contributed by atoms with Gasteiger partial charge in [0.15, 0.2) is 0 Å². The molecule has 1 aliphatic carbocycles. The Morgan fingerprint density at radius 3 is 2.62 bits per heavy atom. The van der Waals surface area contributed by atoms with Gasteiger partial charge in [0.1, 0.15) is 5.82 Å². The molecule has 0 bridgehead atoms. The molecule has 1 aliphatic rings. The first-order valence-corrected chi connectivity index (χ1v) is 7.98. The first kappa shape index (κ1) is 16.0. The van der Waals surface area contributed by atoms with Crippen molar-refractivity contribution in [2.24, 2.45) is 5.73 Å². The SMILES string of the molecule is CCN(CC)CCCNc1cc(C2CC(N)C2)nc(N)n1. The van der Waals surface area contributed by atoms with Crippen molar-refractivity contribution in [1.82, 2.24) is 14.9 Å². The second kappa shape index (κ2) is 7.56. The van der Waals surface area contributed by atoms with E-state index < -0.39 is 0 Å². The molecule has 0 amide bonds. The highest BCUT2D eigenvalue weighted by Gasteiger charge is 2.29. The van der Waals surface area contributed by atoms with Gasteiger partial charge in [-0.25, -0.2) is 4.98 Å². The minimum atomic E-state index is 0.316. The van der Waals surface area contributed by atoms with Gasteiger partial charge in [-0.05, 0) is 38.9 Å². The van der Waals surface area contributed by atoms with E-state index in [4.69, 9.17) is 11.5 Å². The standard InChI is InChI=1S/C15H28N6/c1-3-21(4-2)7-5-6-18-14-10-13(19-15(17)20-14)11-8-12(16)9-11/h10-12H,3-9,16H2,1-2H3,(H3,17,18,19,20). The molecule has 0 spiro atoms. The Morgan fingerprint density at radius 2 is 2.00 bits per heavy atom. The van der Waals surface area contributed by atoms with Gasteiger partial charge in [-0.3, -0.25) is 0 Å². The van der Waals surface area contributed by atoms with Crippen LogP contribution in [0.4, 0.5) is 11.8 Å². The normalized spacial score (nSPS) is 21.3. The molecule has 0 unspecified atom stereocenters. The largest absolute Gasteiger partial charge is 0.370 e. The summed E-state index contributed by atoms with van der Waals surface area (Å²) in [7, 11) is 0. The van der Waals surface area contributed by atoms with Crippen LogP contribution in [0.2, 0.25) is 0 Å². The van der Waals surface area contributed by atoms with Gasteiger partial charge in [-0.1, -0.05) is 13.8 Å². The fraction of sp³-hybridized carbons (Fsp3) is 0.733. The maximum absolute atomic E-state index is 5.84. The van der Waals surface area contributed by atoms with E-state index in [9.17, 15) is 0 Å². The average Bonchev–Trinajstić information content (AvgIpc) is 2.43. The van der Waals surface area contributed by atoms with E-state index in [1.165, 1.54) is 0 Å². The Balaban J connectivity index is 1.83. The summed E-state index contributed by atoms with van der Waals surface area (Å²) in [4.78, 5) is 11.0. The van der Waals surface area contributed by atoms with Crippen molar-refractivity contribution < 1.29 is 0 Å². The number of hydrogen-bond donors (Lipinski definition) is 3. The zero-order valence-electron chi connectivity index (χ0n) is 13.2. The molecule has 1 aromatic heterocycles. The van der Waals surface area contributed by atoms with Crippen LogP contribution in [-0.4, -0.2) is 47.1 Å². The van der Waals surface area contributed by atoms with E-state index in [0.717, 1.165) is 57.0 Å². The van der Waals surface area contributed by atoms with Crippen molar-refractivity contribution in [2.45, 2.75) is 45.1 Å². The number of nitrogen functional groups attached to an aromatic ring is 1. The minimum Gasteiger partial charge on any atom is -0.370 e. The van der Waals surface area contributed by atoms with Crippen molar-refractivity contribution >= 4 is 11.8 Å². The number of hydrogen-bond acceptors (Lipinski definition) is 6. The molecule has 0 saturated heterocycles. The molecule has 5 N–H and O–H groups in total. The summed E-state index contributed by atoms with van der Waals surface area (Å²) in [6.45, 7) is 8.59. The number of nitrogens with zero attached hydrogens (tertiary/aromatic N) is 3. The van der Waals surface area contributed by atoms with E-state index >= 15 is 0 Å². The monoisotopic (exact) mass is 292 g/mol. The molecule has 1 saturated carbocycles. The Labute approximate surface area is 127 Å². The Bertz CT molecular complexity index is 440. The first-order valence-electron chi connectivity index (χ1n) is 7.98. The second-order valence-electron chi connectivity index (χ2n) is 5.77. The van der Waals surface area contributed by atoms with Crippen LogP contribution in [0.5, 0.6) is 0 Å². The summed E-state index contributed by atoms with van der Waals surface area (Å²) in [5.41, 5.74) is 12.7. The Kier molecular flexibility index (Phi) is 5.76. The van der Waals surface area contributed by atoms with Crippen molar-refractivity contribution in [2.75, 3.05) is 37.2 Å². The van der Waals surface area contributed by atoms with Crippen LogP contribution >= 0.6 is 0 Å². The van der Waals surface area contributed by atoms with E-state index in [2.05, 4.69) is 34.0 Å². The average molecular weight is 292 g/mol. The van der Waals surface area contributed by atoms with Gasteiger partial charge in [-0.15, -0.1) is 0 Å². The van der Waals surface area contributed by atoms with Crippen molar-refractivity contribution in [3.63, 3.8) is 0 Å². The minimum absolute atomic E-state index is 0.316.